The molecule has 140 valence electrons. The van der Waals surface area contributed by atoms with Crippen LogP contribution in [0.4, 0.5) is 0 Å². The average molecular weight is 365 g/mol. The lowest BCUT2D eigenvalue weighted by molar-refractivity contribution is -0.119. The van der Waals surface area contributed by atoms with Crippen molar-refractivity contribution in [1.29, 1.82) is 0 Å². The SMILES string of the molecule is Cc1ncc(-c2cc(O[C@H](C)[C@H]3CNC(=O)C3)c3c(c2)ncn3C2CC2)[nH]1. The molecule has 0 radical (unpaired) electrons. The van der Waals surface area contributed by atoms with E-state index in [9.17, 15) is 4.79 Å². The van der Waals surface area contributed by atoms with E-state index in [-0.39, 0.29) is 17.9 Å². The zero-order valence-electron chi connectivity index (χ0n) is 15.5. The molecular formula is C20H23N5O2. The van der Waals surface area contributed by atoms with Gasteiger partial charge in [0.05, 0.1) is 23.7 Å². The number of rotatable bonds is 5. The van der Waals surface area contributed by atoms with Crippen molar-refractivity contribution in [2.24, 2.45) is 5.92 Å². The molecule has 1 aliphatic heterocycles. The van der Waals surface area contributed by atoms with Gasteiger partial charge in [0.1, 0.15) is 23.2 Å². The highest BCUT2D eigenvalue weighted by molar-refractivity contribution is 5.87. The number of amides is 1. The molecule has 2 atom stereocenters. The zero-order valence-corrected chi connectivity index (χ0v) is 15.5. The van der Waals surface area contributed by atoms with Crippen LogP contribution in [0, 0.1) is 12.8 Å². The van der Waals surface area contributed by atoms with E-state index in [1.807, 2.05) is 26.4 Å². The summed E-state index contributed by atoms with van der Waals surface area (Å²) in [7, 11) is 0. The van der Waals surface area contributed by atoms with Gasteiger partial charge in [-0.2, -0.15) is 0 Å². The topological polar surface area (TPSA) is 84.8 Å². The minimum Gasteiger partial charge on any atom is -0.488 e. The van der Waals surface area contributed by atoms with Gasteiger partial charge in [-0.05, 0) is 38.8 Å². The highest BCUT2D eigenvalue weighted by atomic mass is 16.5. The molecule has 2 aromatic heterocycles. The lowest BCUT2D eigenvalue weighted by Crippen LogP contribution is -2.25. The highest BCUT2D eigenvalue weighted by Crippen LogP contribution is 2.41. The molecule has 7 heteroatoms. The van der Waals surface area contributed by atoms with E-state index in [1.165, 1.54) is 12.8 Å². The van der Waals surface area contributed by atoms with Crippen LogP contribution in [-0.4, -0.2) is 38.1 Å². The van der Waals surface area contributed by atoms with Crippen molar-refractivity contribution in [3.8, 4) is 17.0 Å². The summed E-state index contributed by atoms with van der Waals surface area (Å²) >= 11 is 0. The Balaban J connectivity index is 1.56. The van der Waals surface area contributed by atoms with Gasteiger partial charge in [-0.3, -0.25) is 4.79 Å². The minimum atomic E-state index is -0.0616. The van der Waals surface area contributed by atoms with Crippen LogP contribution >= 0.6 is 0 Å². The van der Waals surface area contributed by atoms with E-state index in [1.54, 1.807) is 0 Å². The van der Waals surface area contributed by atoms with Gasteiger partial charge in [-0.15, -0.1) is 0 Å². The zero-order chi connectivity index (χ0) is 18.5. The Morgan fingerprint density at radius 3 is 2.81 bits per heavy atom. The molecular weight excluding hydrogens is 342 g/mol. The second-order valence-corrected chi connectivity index (χ2v) is 7.70. The minimum absolute atomic E-state index is 0.0616. The smallest absolute Gasteiger partial charge is 0.220 e. The first-order valence-corrected chi connectivity index (χ1v) is 9.54. The summed E-state index contributed by atoms with van der Waals surface area (Å²) in [5.41, 5.74) is 3.92. The van der Waals surface area contributed by atoms with Crippen molar-refractivity contribution in [2.75, 3.05) is 6.54 Å². The van der Waals surface area contributed by atoms with E-state index in [0.717, 1.165) is 33.9 Å². The van der Waals surface area contributed by atoms with Crippen molar-refractivity contribution in [1.82, 2.24) is 24.8 Å². The van der Waals surface area contributed by atoms with Gasteiger partial charge in [-0.25, -0.2) is 9.97 Å². The van der Waals surface area contributed by atoms with E-state index in [4.69, 9.17) is 4.74 Å². The fourth-order valence-corrected chi connectivity index (χ4v) is 3.83. The summed E-state index contributed by atoms with van der Waals surface area (Å²) in [5, 5.41) is 2.90. The van der Waals surface area contributed by atoms with E-state index in [2.05, 4.69) is 37.0 Å². The molecule has 3 aromatic rings. The maximum atomic E-state index is 11.6. The fourth-order valence-electron chi connectivity index (χ4n) is 3.83. The van der Waals surface area contributed by atoms with Crippen molar-refractivity contribution < 1.29 is 9.53 Å². The molecule has 7 nitrogen and oxygen atoms in total. The van der Waals surface area contributed by atoms with Crippen LogP contribution in [0.2, 0.25) is 0 Å². The van der Waals surface area contributed by atoms with Gasteiger partial charge in [0, 0.05) is 30.5 Å². The molecule has 0 spiro atoms. The summed E-state index contributed by atoms with van der Waals surface area (Å²) in [6, 6.07) is 4.67. The largest absolute Gasteiger partial charge is 0.488 e. The number of aromatic amines is 1. The van der Waals surface area contributed by atoms with Crippen LogP contribution in [0.5, 0.6) is 5.75 Å². The predicted molar refractivity (Wildman–Crippen MR) is 102 cm³/mol. The molecule has 1 aliphatic carbocycles. The number of imidazole rings is 2. The summed E-state index contributed by atoms with van der Waals surface area (Å²) < 4.78 is 8.65. The Morgan fingerprint density at radius 1 is 1.30 bits per heavy atom. The first-order valence-electron chi connectivity index (χ1n) is 9.54. The van der Waals surface area contributed by atoms with Crippen LogP contribution in [0.15, 0.2) is 24.7 Å². The van der Waals surface area contributed by atoms with Gasteiger partial charge in [0.25, 0.3) is 0 Å². The maximum absolute atomic E-state index is 11.6. The lowest BCUT2D eigenvalue weighted by Gasteiger charge is -2.21. The predicted octanol–water partition coefficient (Wildman–Crippen LogP) is 2.97. The number of carbonyl (C=O) groups excluding carboxylic acids is 1. The molecule has 0 unspecified atom stereocenters. The van der Waals surface area contributed by atoms with Crippen molar-refractivity contribution >= 4 is 16.9 Å². The average Bonchev–Trinajstić information content (AvgIpc) is 3.04. The number of nitrogens with one attached hydrogen (secondary N) is 2. The molecule has 1 amide bonds. The Hall–Kier alpha value is -2.83. The molecule has 1 aromatic carbocycles. The Bertz CT molecular complexity index is 1020. The third-order valence-corrected chi connectivity index (χ3v) is 5.57. The molecule has 2 fully saturated rings. The fraction of sp³-hybridized carbons (Fsp3) is 0.450. The Morgan fingerprint density at radius 2 is 2.15 bits per heavy atom. The number of aryl methyl sites for hydroxylation is 1. The second-order valence-electron chi connectivity index (χ2n) is 7.70. The molecule has 2 N–H and O–H groups in total. The molecule has 27 heavy (non-hydrogen) atoms. The molecule has 1 saturated carbocycles. The number of fused-ring (bicyclic) bond motifs is 1. The number of ether oxygens (including phenoxy) is 1. The van der Waals surface area contributed by atoms with Crippen LogP contribution in [0.3, 0.4) is 0 Å². The number of H-pyrrole nitrogens is 1. The molecule has 2 aliphatic rings. The van der Waals surface area contributed by atoms with Gasteiger partial charge in [0.2, 0.25) is 5.91 Å². The first kappa shape index (κ1) is 16.4. The number of hydrogen-bond donors (Lipinski definition) is 2. The Labute approximate surface area is 157 Å². The molecule has 3 heterocycles. The number of nitrogens with zero attached hydrogens (tertiary/aromatic N) is 3. The van der Waals surface area contributed by atoms with Crippen LogP contribution in [-0.2, 0) is 4.79 Å². The summed E-state index contributed by atoms with van der Waals surface area (Å²) in [6.07, 6.45) is 6.58. The van der Waals surface area contributed by atoms with E-state index >= 15 is 0 Å². The monoisotopic (exact) mass is 365 g/mol. The second kappa shape index (κ2) is 6.11. The van der Waals surface area contributed by atoms with E-state index in [0.29, 0.717) is 19.0 Å². The van der Waals surface area contributed by atoms with Gasteiger partial charge < -0.3 is 19.6 Å². The summed E-state index contributed by atoms with van der Waals surface area (Å²) in [4.78, 5) is 23.8. The van der Waals surface area contributed by atoms with Crippen molar-refractivity contribution in [3.05, 3.63) is 30.5 Å². The van der Waals surface area contributed by atoms with Crippen molar-refractivity contribution in [2.45, 2.75) is 45.3 Å². The number of carbonyl (C=O) groups is 1. The maximum Gasteiger partial charge on any atom is 0.220 e. The number of benzene rings is 1. The molecule has 0 bridgehead atoms. The first-order chi connectivity index (χ1) is 13.1. The summed E-state index contributed by atoms with van der Waals surface area (Å²) in [5.74, 6) is 1.99. The lowest BCUT2D eigenvalue weighted by atomic mass is 10.0. The molecule has 5 rings (SSSR count). The third-order valence-electron chi connectivity index (χ3n) is 5.57. The Kier molecular flexibility index (Phi) is 3.70. The quantitative estimate of drug-likeness (QED) is 0.728. The summed E-state index contributed by atoms with van der Waals surface area (Å²) in [6.45, 7) is 4.65. The van der Waals surface area contributed by atoms with Gasteiger partial charge >= 0.3 is 0 Å². The van der Waals surface area contributed by atoms with Gasteiger partial charge in [0.15, 0.2) is 0 Å². The number of aromatic nitrogens is 4. The van der Waals surface area contributed by atoms with Gasteiger partial charge in [-0.1, -0.05) is 0 Å². The van der Waals surface area contributed by atoms with E-state index < -0.39 is 0 Å². The van der Waals surface area contributed by atoms with Crippen LogP contribution in [0.1, 0.15) is 38.1 Å². The normalized spacial score (nSPS) is 20.8. The van der Waals surface area contributed by atoms with Crippen LogP contribution in [0.25, 0.3) is 22.3 Å². The van der Waals surface area contributed by atoms with Crippen LogP contribution < -0.4 is 10.1 Å². The standard InChI is InChI=1S/C20H23N5O2/c1-11(14-7-19(26)22-8-14)27-18-6-13(17-9-21-12(2)24-17)5-16-20(18)25(10-23-16)15-3-4-15/h5-6,9-11,14-15H,3-4,7-8H2,1-2H3,(H,21,24)(H,22,26)/t11-,14-/m1/s1. The number of hydrogen-bond acceptors (Lipinski definition) is 4. The molecule has 1 saturated heterocycles. The van der Waals surface area contributed by atoms with Crippen molar-refractivity contribution in [3.63, 3.8) is 0 Å². The third kappa shape index (κ3) is 2.97. The highest BCUT2D eigenvalue weighted by Gasteiger charge is 2.30.